The summed E-state index contributed by atoms with van der Waals surface area (Å²) in [4.78, 5) is 17.8. The van der Waals surface area contributed by atoms with Crippen LogP contribution >= 0.6 is 34.9 Å². The highest BCUT2D eigenvalue weighted by Crippen LogP contribution is 2.46. The Morgan fingerprint density at radius 1 is 1.28 bits per heavy atom. The lowest BCUT2D eigenvalue weighted by molar-refractivity contribution is 0.0968. The minimum absolute atomic E-state index is 0.264. The Morgan fingerprint density at radius 2 is 2.11 bits per heavy atom. The summed E-state index contributed by atoms with van der Waals surface area (Å²) in [6, 6.07) is 0. The van der Waals surface area contributed by atoms with Crippen molar-refractivity contribution in [1.82, 2.24) is 4.98 Å². The molecular formula is C13H17NOS3. The van der Waals surface area contributed by atoms with E-state index in [0.29, 0.717) is 16.9 Å². The number of aromatic nitrogens is 1. The minimum Gasteiger partial charge on any atom is -0.292 e. The van der Waals surface area contributed by atoms with Crippen LogP contribution in [0.2, 0.25) is 0 Å². The number of hydrogen-bond acceptors (Lipinski definition) is 5. The van der Waals surface area contributed by atoms with Crippen LogP contribution in [0.25, 0.3) is 0 Å². The summed E-state index contributed by atoms with van der Waals surface area (Å²) < 4.78 is 0. The van der Waals surface area contributed by atoms with E-state index >= 15 is 0 Å². The highest BCUT2D eigenvalue weighted by molar-refractivity contribution is 8.06. The molecule has 0 aromatic carbocycles. The number of thiazole rings is 1. The molecule has 1 aliphatic heterocycles. The zero-order chi connectivity index (χ0) is 12.5. The second kappa shape index (κ2) is 5.55. The van der Waals surface area contributed by atoms with Crippen LogP contribution in [0.4, 0.5) is 0 Å². The second-order valence-electron chi connectivity index (χ2n) is 4.71. The summed E-state index contributed by atoms with van der Waals surface area (Å²) in [6.45, 7) is 2.26. The summed E-state index contributed by atoms with van der Waals surface area (Å²) in [5, 5.41) is 2.39. The van der Waals surface area contributed by atoms with Gasteiger partial charge in [0.25, 0.3) is 0 Å². The molecule has 0 bridgehead atoms. The lowest BCUT2D eigenvalue weighted by Crippen LogP contribution is -2.18. The number of hydrogen-bond donors (Lipinski definition) is 0. The van der Waals surface area contributed by atoms with Crippen LogP contribution in [0.3, 0.4) is 0 Å². The molecule has 0 radical (unpaired) electrons. The molecule has 1 aromatic rings. The number of carbonyl (C=O) groups excluding carboxylic acids is 1. The van der Waals surface area contributed by atoms with E-state index < -0.39 is 0 Å². The van der Waals surface area contributed by atoms with E-state index in [4.69, 9.17) is 0 Å². The van der Waals surface area contributed by atoms with E-state index in [2.05, 4.69) is 23.7 Å². The number of ketones is 1. The normalized spacial score (nSPS) is 28.2. The lowest BCUT2D eigenvalue weighted by Gasteiger charge is -2.28. The van der Waals surface area contributed by atoms with Crippen molar-refractivity contribution >= 4 is 40.6 Å². The van der Waals surface area contributed by atoms with Gasteiger partial charge in [0, 0.05) is 28.1 Å². The summed E-state index contributed by atoms with van der Waals surface area (Å²) in [5.41, 5.74) is 0.798. The van der Waals surface area contributed by atoms with Crippen LogP contribution in [-0.4, -0.2) is 27.5 Å². The van der Waals surface area contributed by atoms with Crippen LogP contribution in [0.5, 0.6) is 0 Å². The molecular weight excluding hydrogens is 282 g/mol. The van der Waals surface area contributed by atoms with E-state index in [1.54, 1.807) is 11.3 Å². The largest absolute Gasteiger partial charge is 0.292 e. The molecule has 2 unspecified atom stereocenters. The van der Waals surface area contributed by atoms with E-state index in [1.165, 1.54) is 27.8 Å². The first-order valence-electron chi connectivity index (χ1n) is 6.55. The Balaban J connectivity index is 1.89. The van der Waals surface area contributed by atoms with Crippen molar-refractivity contribution in [2.75, 3.05) is 11.5 Å². The Hall–Kier alpha value is -0.0000000000000000555. The molecule has 0 N–H and O–H groups in total. The number of aryl methyl sites for hydroxylation is 1. The predicted molar refractivity (Wildman–Crippen MR) is 81.1 cm³/mol. The Bertz CT molecular complexity index is 457. The number of fused-ring (bicyclic) bond motifs is 1. The molecule has 3 rings (SSSR count). The highest BCUT2D eigenvalue weighted by atomic mass is 32.2. The fraction of sp³-hybridized carbons (Fsp3) is 0.692. The monoisotopic (exact) mass is 299 g/mol. The van der Waals surface area contributed by atoms with Gasteiger partial charge in [0.15, 0.2) is 5.78 Å². The van der Waals surface area contributed by atoms with Gasteiger partial charge in [-0.2, -0.15) is 11.8 Å². The fourth-order valence-corrected chi connectivity index (χ4v) is 7.08. The quantitative estimate of drug-likeness (QED) is 0.827. The Kier molecular flexibility index (Phi) is 4.01. The number of Topliss-reactive ketones (excluding diaryl/α,β-unsaturated/α-hetero) is 1. The smallest absolute Gasteiger partial charge is 0.182 e. The molecule has 5 heteroatoms. The second-order valence-corrected chi connectivity index (χ2v) is 8.42. The maximum absolute atomic E-state index is 11.9. The van der Waals surface area contributed by atoms with E-state index in [1.807, 2.05) is 11.8 Å². The fourth-order valence-electron chi connectivity index (χ4n) is 2.54. The molecule has 2 aliphatic rings. The van der Waals surface area contributed by atoms with Gasteiger partial charge in [0.1, 0.15) is 10.7 Å². The summed E-state index contributed by atoms with van der Waals surface area (Å²) in [6.07, 6.45) is 3.96. The van der Waals surface area contributed by atoms with E-state index in [9.17, 15) is 4.79 Å². The van der Waals surface area contributed by atoms with Crippen molar-refractivity contribution in [3.63, 3.8) is 0 Å². The average Bonchev–Trinajstić information content (AvgIpc) is 2.84. The molecule has 98 valence electrons. The van der Waals surface area contributed by atoms with Crippen LogP contribution in [0.15, 0.2) is 0 Å². The van der Waals surface area contributed by atoms with Gasteiger partial charge in [0.2, 0.25) is 0 Å². The summed E-state index contributed by atoms with van der Waals surface area (Å²) in [5.74, 6) is 2.73. The predicted octanol–water partition coefficient (Wildman–Crippen LogP) is 3.96. The van der Waals surface area contributed by atoms with Gasteiger partial charge in [0.05, 0.1) is 5.25 Å². The third-order valence-corrected chi connectivity index (χ3v) is 8.08. The molecule has 0 amide bonds. The number of nitrogens with zero attached hydrogens (tertiary/aromatic N) is 1. The molecule has 18 heavy (non-hydrogen) atoms. The third kappa shape index (κ3) is 2.37. The first kappa shape index (κ1) is 13.0. The van der Waals surface area contributed by atoms with Gasteiger partial charge in [-0.05, 0) is 19.3 Å². The SMILES string of the molecule is CCC1SCCSC1c1nc2c(s1)CCCC2=O. The topological polar surface area (TPSA) is 30.0 Å². The maximum Gasteiger partial charge on any atom is 0.182 e. The zero-order valence-corrected chi connectivity index (χ0v) is 12.9. The summed E-state index contributed by atoms with van der Waals surface area (Å²) >= 11 is 5.90. The van der Waals surface area contributed by atoms with Crippen LogP contribution in [-0.2, 0) is 6.42 Å². The number of thioether (sulfide) groups is 2. The van der Waals surface area contributed by atoms with Gasteiger partial charge in [-0.3, -0.25) is 4.79 Å². The van der Waals surface area contributed by atoms with E-state index in [0.717, 1.165) is 18.5 Å². The molecule has 1 aliphatic carbocycles. The Labute approximate surface area is 120 Å². The molecule has 2 nitrogen and oxygen atoms in total. The van der Waals surface area contributed by atoms with Gasteiger partial charge in [-0.1, -0.05) is 6.92 Å². The van der Waals surface area contributed by atoms with Gasteiger partial charge < -0.3 is 0 Å². The summed E-state index contributed by atoms with van der Waals surface area (Å²) in [7, 11) is 0. The lowest BCUT2D eigenvalue weighted by atomic mass is 10.0. The maximum atomic E-state index is 11.9. The number of carbonyl (C=O) groups is 1. The highest BCUT2D eigenvalue weighted by Gasteiger charge is 2.31. The zero-order valence-electron chi connectivity index (χ0n) is 10.5. The molecule has 1 saturated heterocycles. The first-order valence-corrected chi connectivity index (χ1v) is 9.47. The molecule has 0 saturated carbocycles. The molecule has 2 heterocycles. The van der Waals surface area contributed by atoms with Gasteiger partial charge in [-0.25, -0.2) is 4.98 Å². The van der Waals surface area contributed by atoms with Crippen molar-refractivity contribution in [2.45, 2.75) is 43.1 Å². The molecule has 0 spiro atoms. The van der Waals surface area contributed by atoms with E-state index in [-0.39, 0.29) is 5.78 Å². The molecule has 2 atom stereocenters. The van der Waals surface area contributed by atoms with Crippen molar-refractivity contribution in [3.05, 3.63) is 15.6 Å². The van der Waals surface area contributed by atoms with Crippen molar-refractivity contribution in [2.24, 2.45) is 0 Å². The van der Waals surface area contributed by atoms with Crippen molar-refractivity contribution in [1.29, 1.82) is 0 Å². The third-order valence-electron chi connectivity index (χ3n) is 3.48. The van der Waals surface area contributed by atoms with Crippen molar-refractivity contribution in [3.8, 4) is 0 Å². The van der Waals surface area contributed by atoms with Crippen LogP contribution in [0.1, 0.15) is 51.8 Å². The van der Waals surface area contributed by atoms with Crippen LogP contribution in [0, 0.1) is 0 Å². The Morgan fingerprint density at radius 3 is 2.89 bits per heavy atom. The van der Waals surface area contributed by atoms with Crippen molar-refractivity contribution < 1.29 is 4.79 Å². The first-order chi connectivity index (χ1) is 8.79. The number of rotatable bonds is 2. The minimum atomic E-state index is 0.264. The van der Waals surface area contributed by atoms with Crippen LogP contribution < -0.4 is 0 Å². The molecule has 1 fully saturated rings. The standard InChI is InChI=1S/C13H17NOS3/c1-2-9-12(17-7-6-16-9)13-14-11-8(15)4-3-5-10(11)18-13/h9,12H,2-7H2,1H3. The molecule has 1 aromatic heterocycles. The van der Waals surface area contributed by atoms with Gasteiger partial charge in [-0.15, -0.1) is 23.1 Å². The average molecular weight is 299 g/mol. The van der Waals surface area contributed by atoms with Gasteiger partial charge >= 0.3 is 0 Å².